The summed E-state index contributed by atoms with van der Waals surface area (Å²) in [5.41, 5.74) is 6.15. The van der Waals surface area contributed by atoms with E-state index >= 15 is 0 Å². The first kappa shape index (κ1) is 22.4. The van der Waals surface area contributed by atoms with Gasteiger partial charge in [0.2, 0.25) is 5.91 Å². The van der Waals surface area contributed by atoms with Gasteiger partial charge in [-0.2, -0.15) is 0 Å². The fourth-order valence-electron chi connectivity index (χ4n) is 4.46. The smallest absolute Gasteiger partial charge is 0.254 e. The lowest BCUT2D eigenvalue weighted by molar-refractivity contribution is -0.134. The second-order valence-electron chi connectivity index (χ2n) is 8.85. The summed E-state index contributed by atoms with van der Waals surface area (Å²) in [6.07, 6.45) is 5.05. The molecule has 3 rings (SSSR count). The molecule has 1 atom stereocenters. The van der Waals surface area contributed by atoms with Crippen LogP contribution in [0.25, 0.3) is 0 Å². The molecular formula is C23H32FN3O3. The number of halogens is 1. The molecule has 2 fully saturated rings. The minimum absolute atomic E-state index is 0.00162. The number of nitrogens with two attached hydrogens (primary N) is 1. The van der Waals surface area contributed by atoms with Crippen molar-refractivity contribution in [3.63, 3.8) is 0 Å². The maximum atomic E-state index is 14.5. The fraction of sp³-hybridized carbons (Fsp3) is 0.609. The number of rotatable bonds is 7. The molecule has 30 heavy (non-hydrogen) atoms. The van der Waals surface area contributed by atoms with Gasteiger partial charge >= 0.3 is 0 Å². The van der Waals surface area contributed by atoms with Crippen LogP contribution in [0.15, 0.2) is 18.2 Å². The standard InChI is InChI=1S/C23H32FN3O3/c1-14(2)22(29)21(15-6-4-3-5-7-15)26-23(30)18-10-16(8-9-19(18)24)17-12-27(13-17)20(28)11-25/h8-10,14-15,17,21H,3-7,11-13,25H2,1-2H3,(H,26,30)/t21-/m1/s1. The van der Waals surface area contributed by atoms with Crippen LogP contribution < -0.4 is 11.1 Å². The van der Waals surface area contributed by atoms with E-state index in [0.717, 1.165) is 37.7 Å². The zero-order valence-corrected chi connectivity index (χ0v) is 17.8. The Kier molecular flexibility index (Phi) is 7.23. The van der Waals surface area contributed by atoms with Crippen LogP contribution >= 0.6 is 0 Å². The molecule has 1 aromatic rings. The van der Waals surface area contributed by atoms with Crippen LogP contribution in [0.1, 0.15) is 67.8 Å². The van der Waals surface area contributed by atoms with Gasteiger partial charge in [0.15, 0.2) is 5.78 Å². The Balaban J connectivity index is 1.74. The fourth-order valence-corrected chi connectivity index (χ4v) is 4.46. The number of likely N-dealkylation sites (tertiary alicyclic amines) is 1. The number of amides is 2. The lowest BCUT2D eigenvalue weighted by atomic mass is 9.80. The van der Waals surface area contributed by atoms with E-state index in [0.29, 0.717) is 13.1 Å². The first-order chi connectivity index (χ1) is 14.3. The van der Waals surface area contributed by atoms with Gasteiger partial charge in [-0.05, 0) is 36.5 Å². The molecule has 1 heterocycles. The highest BCUT2D eigenvalue weighted by molar-refractivity contribution is 5.98. The normalized spacial score (nSPS) is 18.8. The Bertz CT molecular complexity index is 799. The van der Waals surface area contributed by atoms with Crippen LogP contribution in [0.5, 0.6) is 0 Å². The molecule has 6 nitrogen and oxygen atoms in total. The van der Waals surface area contributed by atoms with Gasteiger partial charge in [-0.1, -0.05) is 39.2 Å². The number of ketones is 1. The third-order valence-electron chi connectivity index (χ3n) is 6.40. The van der Waals surface area contributed by atoms with E-state index in [1.54, 1.807) is 17.0 Å². The van der Waals surface area contributed by atoms with Crippen LogP contribution in [0.2, 0.25) is 0 Å². The summed E-state index contributed by atoms with van der Waals surface area (Å²) >= 11 is 0. The summed E-state index contributed by atoms with van der Waals surface area (Å²) in [4.78, 5) is 39.0. The Labute approximate surface area is 177 Å². The predicted octanol–water partition coefficient (Wildman–Crippen LogP) is 2.61. The number of nitrogens with zero attached hydrogens (tertiary/aromatic N) is 1. The van der Waals surface area contributed by atoms with Crippen molar-refractivity contribution in [2.24, 2.45) is 17.6 Å². The summed E-state index contributed by atoms with van der Waals surface area (Å²) in [6.45, 7) is 4.65. The van der Waals surface area contributed by atoms with Crippen molar-refractivity contribution in [1.82, 2.24) is 10.2 Å². The van der Waals surface area contributed by atoms with Gasteiger partial charge < -0.3 is 16.0 Å². The first-order valence-corrected chi connectivity index (χ1v) is 10.9. The molecule has 164 valence electrons. The van der Waals surface area contributed by atoms with Gasteiger partial charge in [0.05, 0.1) is 18.2 Å². The highest BCUT2D eigenvalue weighted by Crippen LogP contribution is 2.30. The van der Waals surface area contributed by atoms with Crippen molar-refractivity contribution in [3.05, 3.63) is 35.1 Å². The highest BCUT2D eigenvalue weighted by atomic mass is 19.1. The molecule has 0 radical (unpaired) electrons. The van der Waals surface area contributed by atoms with Gasteiger partial charge in [0, 0.05) is 24.9 Å². The monoisotopic (exact) mass is 417 g/mol. The molecule has 2 aliphatic rings. The number of carbonyl (C=O) groups is 3. The molecule has 0 bridgehead atoms. The van der Waals surface area contributed by atoms with Crippen LogP contribution in [0, 0.1) is 17.7 Å². The Morgan fingerprint density at radius 2 is 1.83 bits per heavy atom. The zero-order valence-electron chi connectivity index (χ0n) is 17.8. The van der Waals surface area contributed by atoms with Crippen molar-refractivity contribution in [1.29, 1.82) is 0 Å². The Hall–Kier alpha value is -2.28. The maximum Gasteiger partial charge on any atom is 0.254 e. The molecule has 1 aromatic carbocycles. The average molecular weight is 418 g/mol. The number of hydrogen-bond acceptors (Lipinski definition) is 4. The molecule has 1 aliphatic carbocycles. The molecule has 7 heteroatoms. The zero-order chi connectivity index (χ0) is 21.8. The van der Waals surface area contributed by atoms with E-state index in [9.17, 15) is 18.8 Å². The van der Waals surface area contributed by atoms with E-state index < -0.39 is 17.8 Å². The van der Waals surface area contributed by atoms with Crippen molar-refractivity contribution >= 4 is 17.6 Å². The third-order valence-corrected chi connectivity index (χ3v) is 6.40. The van der Waals surface area contributed by atoms with Crippen molar-refractivity contribution in [2.45, 2.75) is 57.9 Å². The number of benzene rings is 1. The molecule has 0 aromatic heterocycles. The predicted molar refractivity (Wildman–Crippen MR) is 112 cm³/mol. The molecule has 0 spiro atoms. The quantitative estimate of drug-likeness (QED) is 0.713. The highest BCUT2D eigenvalue weighted by Gasteiger charge is 2.34. The minimum Gasteiger partial charge on any atom is -0.342 e. The molecule has 0 unspecified atom stereocenters. The lowest BCUT2D eigenvalue weighted by Crippen LogP contribution is -2.50. The van der Waals surface area contributed by atoms with Crippen LogP contribution in [-0.2, 0) is 9.59 Å². The van der Waals surface area contributed by atoms with Crippen LogP contribution in [-0.4, -0.2) is 48.2 Å². The SMILES string of the molecule is CC(C)C(=O)[C@H](NC(=O)c1cc(C2CN(C(=O)CN)C2)ccc1F)C1CCCCC1. The average Bonchev–Trinajstić information content (AvgIpc) is 2.71. The van der Waals surface area contributed by atoms with E-state index in [2.05, 4.69) is 5.32 Å². The Morgan fingerprint density at radius 3 is 2.43 bits per heavy atom. The van der Waals surface area contributed by atoms with E-state index in [1.165, 1.54) is 6.07 Å². The summed E-state index contributed by atoms with van der Waals surface area (Å²) in [5, 5.41) is 2.85. The number of Topliss-reactive ketones (excluding diaryl/α,β-unsaturated/α-hetero) is 1. The largest absolute Gasteiger partial charge is 0.342 e. The number of nitrogens with one attached hydrogen (secondary N) is 1. The second-order valence-corrected chi connectivity index (χ2v) is 8.85. The van der Waals surface area contributed by atoms with Gasteiger partial charge in [-0.3, -0.25) is 14.4 Å². The van der Waals surface area contributed by atoms with Crippen molar-refractivity contribution < 1.29 is 18.8 Å². The van der Waals surface area contributed by atoms with Crippen molar-refractivity contribution in [3.8, 4) is 0 Å². The molecule has 2 amide bonds. The summed E-state index contributed by atoms with van der Waals surface area (Å²) < 4.78 is 14.5. The number of carbonyl (C=O) groups excluding carboxylic acids is 3. The molecular weight excluding hydrogens is 385 g/mol. The molecule has 1 saturated heterocycles. The van der Waals surface area contributed by atoms with Crippen LogP contribution in [0.4, 0.5) is 4.39 Å². The molecule has 3 N–H and O–H groups in total. The number of hydrogen-bond donors (Lipinski definition) is 2. The first-order valence-electron chi connectivity index (χ1n) is 10.9. The summed E-state index contributed by atoms with van der Waals surface area (Å²) in [7, 11) is 0. The maximum absolute atomic E-state index is 14.5. The van der Waals surface area contributed by atoms with Gasteiger partial charge in [-0.15, -0.1) is 0 Å². The van der Waals surface area contributed by atoms with E-state index in [-0.39, 0.29) is 41.6 Å². The summed E-state index contributed by atoms with van der Waals surface area (Å²) in [5.74, 6) is -1.31. The third kappa shape index (κ3) is 4.89. The van der Waals surface area contributed by atoms with Gasteiger partial charge in [0.1, 0.15) is 5.82 Å². The topological polar surface area (TPSA) is 92.5 Å². The Morgan fingerprint density at radius 1 is 1.17 bits per heavy atom. The van der Waals surface area contributed by atoms with E-state index in [4.69, 9.17) is 5.73 Å². The molecule has 1 aliphatic heterocycles. The van der Waals surface area contributed by atoms with Gasteiger partial charge in [-0.25, -0.2) is 4.39 Å². The van der Waals surface area contributed by atoms with E-state index in [1.807, 2.05) is 13.8 Å². The van der Waals surface area contributed by atoms with Crippen molar-refractivity contribution in [2.75, 3.05) is 19.6 Å². The van der Waals surface area contributed by atoms with Crippen LogP contribution in [0.3, 0.4) is 0 Å². The summed E-state index contributed by atoms with van der Waals surface area (Å²) in [6, 6.07) is 3.91. The molecule has 1 saturated carbocycles. The lowest BCUT2D eigenvalue weighted by Gasteiger charge is -2.39. The van der Waals surface area contributed by atoms with Gasteiger partial charge in [0.25, 0.3) is 5.91 Å². The second kappa shape index (κ2) is 9.69. The minimum atomic E-state index is -0.607.